The molecule has 1 aliphatic heterocycles. The van der Waals surface area contributed by atoms with Crippen molar-refractivity contribution in [2.24, 2.45) is 16.6 Å². The van der Waals surface area contributed by atoms with E-state index in [2.05, 4.69) is 27.2 Å². The molecule has 0 spiro atoms. The Balaban J connectivity index is 0.00000338. The molecule has 3 N–H and O–H groups in total. The third kappa shape index (κ3) is 7.98. The summed E-state index contributed by atoms with van der Waals surface area (Å²) in [6, 6.07) is 0.782. The fourth-order valence-corrected chi connectivity index (χ4v) is 4.27. The number of nitrogens with zero attached hydrogens (tertiary/aromatic N) is 3. The summed E-state index contributed by atoms with van der Waals surface area (Å²) in [5, 5.41) is 3.50. The van der Waals surface area contributed by atoms with Gasteiger partial charge in [-0.15, -0.1) is 24.0 Å². The van der Waals surface area contributed by atoms with Crippen molar-refractivity contribution < 1.29 is 4.79 Å². The highest BCUT2D eigenvalue weighted by atomic mass is 127. The lowest BCUT2D eigenvalue weighted by molar-refractivity contribution is -0.119. The van der Waals surface area contributed by atoms with Gasteiger partial charge in [0.15, 0.2) is 5.96 Å². The standard InChI is InChI=1S/C19H37N5O.HI/c1-21-19(24-13-6-8-16(15-24)14-18(20)25)22-11-7-12-23(2)17-9-4-3-5-10-17;/h16-17H,3-15H2,1-2H3,(H2,20,25)(H,21,22);1H. The van der Waals surface area contributed by atoms with Gasteiger partial charge in [-0.1, -0.05) is 19.3 Å². The Kier molecular flexibility index (Phi) is 11.5. The lowest BCUT2D eigenvalue weighted by Gasteiger charge is -2.35. The highest BCUT2D eigenvalue weighted by molar-refractivity contribution is 14.0. The minimum absolute atomic E-state index is 0. The Hall–Kier alpha value is -0.570. The smallest absolute Gasteiger partial charge is 0.217 e. The predicted molar refractivity (Wildman–Crippen MR) is 119 cm³/mol. The number of carbonyl (C=O) groups is 1. The summed E-state index contributed by atoms with van der Waals surface area (Å²) < 4.78 is 0. The first-order valence-electron chi connectivity index (χ1n) is 10.0. The van der Waals surface area contributed by atoms with Crippen LogP contribution in [-0.4, -0.2) is 68.0 Å². The summed E-state index contributed by atoms with van der Waals surface area (Å²) in [5.74, 6) is 1.14. The molecule has 2 aliphatic rings. The van der Waals surface area contributed by atoms with Gasteiger partial charge >= 0.3 is 0 Å². The summed E-state index contributed by atoms with van der Waals surface area (Å²) in [7, 11) is 4.11. The van der Waals surface area contributed by atoms with Crippen LogP contribution in [0, 0.1) is 5.92 Å². The average molecular weight is 479 g/mol. The lowest BCUT2D eigenvalue weighted by atomic mass is 9.94. The van der Waals surface area contributed by atoms with E-state index in [-0.39, 0.29) is 29.9 Å². The van der Waals surface area contributed by atoms with Gasteiger partial charge in [0.25, 0.3) is 0 Å². The normalized spacial score (nSPS) is 22.2. The number of rotatable bonds is 7. The number of likely N-dealkylation sites (tertiary alicyclic amines) is 1. The van der Waals surface area contributed by atoms with Crippen LogP contribution in [0.25, 0.3) is 0 Å². The minimum Gasteiger partial charge on any atom is -0.370 e. The van der Waals surface area contributed by atoms with Gasteiger partial charge in [-0.2, -0.15) is 0 Å². The first-order valence-corrected chi connectivity index (χ1v) is 10.0. The van der Waals surface area contributed by atoms with Gasteiger partial charge in [-0.25, -0.2) is 0 Å². The van der Waals surface area contributed by atoms with Crippen LogP contribution >= 0.6 is 24.0 Å². The lowest BCUT2D eigenvalue weighted by Crippen LogP contribution is -2.47. The number of guanidine groups is 1. The van der Waals surface area contributed by atoms with Crippen molar-refractivity contribution in [3.8, 4) is 0 Å². The molecule has 1 aliphatic carbocycles. The predicted octanol–water partition coefficient (Wildman–Crippen LogP) is 2.42. The molecule has 152 valence electrons. The number of aliphatic imine (C=N–C) groups is 1. The Labute approximate surface area is 176 Å². The zero-order valence-electron chi connectivity index (χ0n) is 16.6. The molecule has 1 atom stereocenters. The molecule has 0 aromatic rings. The number of halogens is 1. The Morgan fingerprint density at radius 2 is 1.96 bits per heavy atom. The van der Waals surface area contributed by atoms with Crippen molar-refractivity contribution in [3.05, 3.63) is 0 Å². The van der Waals surface area contributed by atoms with Crippen molar-refractivity contribution in [2.75, 3.05) is 40.3 Å². The summed E-state index contributed by atoms with van der Waals surface area (Å²) in [6.45, 7) is 3.97. The molecule has 1 unspecified atom stereocenters. The van der Waals surface area contributed by atoms with Crippen molar-refractivity contribution in [1.82, 2.24) is 15.1 Å². The molecule has 6 nitrogen and oxygen atoms in total. The first-order chi connectivity index (χ1) is 12.1. The van der Waals surface area contributed by atoms with E-state index in [1.165, 1.54) is 32.1 Å². The Bertz CT molecular complexity index is 440. The van der Waals surface area contributed by atoms with Gasteiger partial charge < -0.3 is 20.9 Å². The second-order valence-corrected chi connectivity index (χ2v) is 7.72. The molecule has 2 rings (SSSR count). The van der Waals surface area contributed by atoms with Gasteiger partial charge in [-0.3, -0.25) is 9.79 Å². The molecule has 0 radical (unpaired) electrons. The van der Waals surface area contributed by atoms with Gasteiger partial charge in [0.1, 0.15) is 0 Å². The van der Waals surface area contributed by atoms with Gasteiger partial charge in [0, 0.05) is 39.1 Å². The highest BCUT2D eigenvalue weighted by Crippen LogP contribution is 2.21. The molecule has 0 aromatic heterocycles. The van der Waals surface area contributed by atoms with Crippen LogP contribution in [0.2, 0.25) is 0 Å². The Morgan fingerprint density at radius 1 is 1.23 bits per heavy atom. The number of carbonyl (C=O) groups excluding carboxylic acids is 1. The molecule has 1 saturated carbocycles. The Morgan fingerprint density at radius 3 is 2.62 bits per heavy atom. The molecule has 0 aromatic carbocycles. The number of amides is 1. The van der Waals surface area contributed by atoms with Crippen LogP contribution in [0.15, 0.2) is 4.99 Å². The van der Waals surface area contributed by atoms with Crippen LogP contribution in [0.1, 0.15) is 57.8 Å². The summed E-state index contributed by atoms with van der Waals surface area (Å²) in [5.41, 5.74) is 5.36. The van der Waals surface area contributed by atoms with Crippen molar-refractivity contribution in [3.63, 3.8) is 0 Å². The molecule has 0 bridgehead atoms. The fourth-order valence-electron chi connectivity index (χ4n) is 4.27. The monoisotopic (exact) mass is 479 g/mol. The topological polar surface area (TPSA) is 74.0 Å². The number of hydrogen-bond donors (Lipinski definition) is 2. The van der Waals surface area contributed by atoms with E-state index in [9.17, 15) is 4.79 Å². The van der Waals surface area contributed by atoms with E-state index in [1.54, 1.807) is 0 Å². The van der Waals surface area contributed by atoms with Crippen molar-refractivity contribution in [1.29, 1.82) is 0 Å². The van der Waals surface area contributed by atoms with E-state index in [4.69, 9.17) is 5.73 Å². The first kappa shape index (κ1) is 23.5. The highest BCUT2D eigenvalue weighted by Gasteiger charge is 2.23. The third-order valence-electron chi connectivity index (χ3n) is 5.69. The SMILES string of the molecule is CN=C(NCCCN(C)C1CCCCC1)N1CCCC(CC(N)=O)C1.I. The molecule has 7 heteroatoms. The average Bonchev–Trinajstić information content (AvgIpc) is 2.62. The summed E-state index contributed by atoms with van der Waals surface area (Å²) >= 11 is 0. The van der Waals surface area contributed by atoms with Crippen LogP contribution in [0.4, 0.5) is 0 Å². The minimum atomic E-state index is -0.194. The van der Waals surface area contributed by atoms with Gasteiger partial charge in [0.2, 0.25) is 5.91 Å². The quantitative estimate of drug-likeness (QED) is 0.255. The number of hydrogen-bond acceptors (Lipinski definition) is 3. The zero-order valence-corrected chi connectivity index (χ0v) is 18.9. The van der Waals surface area contributed by atoms with E-state index in [1.807, 2.05) is 7.05 Å². The van der Waals surface area contributed by atoms with Gasteiger partial charge in [-0.05, 0) is 51.6 Å². The number of nitrogens with two attached hydrogens (primary N) is 1. The maximum absolute atomic E-state index is 11.2. The molecule has 26 heavy (non-hydrogen) atoms. The number of primary amides is 1. The van der Waals surface area contributed by atoms with E-state index < -0.39 is 0 Å². The summed E-state index contributed by atoms with van der Waals surface area (Å²) in [6.07, 6.45) is 10.7. The van der Waals surface area contributed by atoms with E-state index in [0.717, 1.165) is 57.4 Å². The number of piperidine rings is 1. The molecule has 1 amide bonds. The molecule has 1 saturated heterocycles. The van der Waals surface area contributed by atoms with Crippen LogP contribution < -0.4 is 11.1 Å². The van der Waals surface area contributed by atoms with Crippen molar-refractivity contribution >= 4 is 35.8 Å². The largest absolute Gasteiger partial charge is 0.370 e. The molecular weight excluding hydrogens is 441 g/mol. The van der Waals surface area contributed by atoms with Gasteiger partial charge in [0.05, 0.1) is 0 Å². The second kappa shape index (κ2) is 12.8. The van der Waals surface area contributed by atoms with E-state index >= 15 is 0 Å². The molecule has 2 fully saturated rings. The van der Waals surface area contributed by atoms with Crippen LogP contribution in [-0.2, 0) is 4.79 Å². The van der Waals surface area contributed by atoms with Crippen LogP contribution in [0.5, 0.6) is 0 Å². The van der Waals surface area contributed by atoms with E-state index in [0.29, 0.717) is 12.3 Å². The van der Waals surface area contributed by atoms with Crippen molar-refractivity contribution in [2.45, 2.75) is 63.8 Å². The zero-order chi connectivity index (χ0) is 18.1. The second-order valence-electron chi connectivity index (χ2n) is 7.72. The maximum Gasteiger partial charge on any atom is 0.217 e. The van der Waals surface area contributed by atoms with Crippen LogP contribution in [0.3, 0.4) is 0 Å². The summed E-state index contributed by atoms with van der Waals surface area (Å²) in [4.78, 5) is 20.4. The fraction of sp³-hybridized carbons (Fsp3) is 0.895. The number of nitrogens with one attached hydrogen (secondary N) is 1. The molecular formula is C19H38IN5O. The maximum atomic E-state index is 11.2. The molecule has 1 heterocycles. The third-order valence-corrected chi connectivity index (χ3v) is 5.69.